The first kappa shape index (κ1) is 17.9. The molecule has 1 aliphatic carbocycles. The molecule has 5 rings (SSSR count). The second kappa shape index (κ2) is 6.42. The normalized spacial score (nSPS) is 23.4. The highest BCUT2D eigenvalue weighted by molar-refractivity contribution is 6.31. The number of aromatic nitrogens is 3. The third-order valence-corrected chi connectivity index (χ3v) is 6.07. The third-order valence-electron chi connectivity index (χ3n) is 5.73. The SMILES string of the molecule is Cn1ccc(-c2ccncc2N2C(=O)NC3(CC(c4ccccc4Cl)C3)C2=O)n1. The quantitative estimate of drug-likeness (QED) is 0.674. The summed E-state index contributed by atoms with van der Waals surface area (Å²) in [5.74, 6) is -0.118. The summed E-state index contributed by atoms with van der Waals surface area (Å²) >= 11 is 6.31. The average Bonchev–Trinajstić information content (AvgIpc) is 3.22. The zero-order chi connectivity index (χ0) is 20.2. The van der Waals surface area contributed by atoms with Crippen molar-refractivity contribution in [1.29, 1.82) is 0 Å². The average molecular weight is 408 g/mol. The molecule has 0 bridgehead atoms. The fraction of sp³-hybridized carbons (Fsp3) is 0.238. The highest BCUT2D eigenvalue weighted by atomic mass is 35.5. The van der Waals surface area contributed by atoms with E-state index >= 15 is 0 Å². The highest BCUT2D eigenvalue weighted by Gasteiger charge is 2.59. The molecular weight excluding hydrogens is 390 g/mol. The first-order valence-electron chi connectivity index (χ1n) is 9.34. The number of amides is 3. The van der Waals surface area contributed by atoms with E-state index in [1.807, 2.05) is 43.6 Å². The largest absolute Gasteiger partial charge is 0.329 e. The molecule has 2 aliphatic rings. The molecule has 0 atom stereocenters. The van der Waals surface area contributed by atoms with E-state index in [1.54, 1.807) is 16.9 Å². The number of pyridine rings is 1. The van der Waals surface area contributed by atoms with Gasteiger partial charge in [0.2, 0.25) is 0 Å². The van der Waals surface area contributed by atoms with Crippen LogP contribution in [0.15, 0.2) is 55.0 Å². The zero-order valence-corrected chi connectivity index (χ0v) is 16.4. The summed E-state index contributed by atoms with van der Waals surface area (Å²) in [5.41, 5.74) is 1.91. The molecule has 146 valence electrons. The predicted octanol–water partition coefficient (Wildman–Crippen LogP) is 3.51. The topological polar surface area (TPSA) is 80.1 Å². The van der Waals surface area contributed by atoms with Gasteiger partial charge in [0, 0.05) is 30.0 Å². The lowest BCUT2D eigenvalue weighted by molar-refractivity contribution is -0.125. The van der Waals surface area contributed by atoms with Gasteiger partial charge in [-0.15, -0.1) is 0 Å². The smallest absolute Gasteiger partial charge is 0.323 e. The van der Waals surface area contributed by atoms with Crippen molar-refractivity contribution in [2.24, 2.45) is 7.05 Å². The van der Waals surface area contributed by atoms with Crippen molar-refractivity contribution in [2.45, 2.75) is 24.3 Å². The van der Waals surface area contributed by atoms with Gasteiger partial charge in [0.1, 0.15) is 5.54 Å². The molecule has 7 nitrogen and oxygen atoms in total. The maximum absolute atomic E-state index is 13.3. The number of imide groups is 1. The van der Waals surface area contributed by atoms with Crippen LogP contribution in [0.3, 0.4) is 0 Å². The molecule has 3 aromatic rings. The van der Waals surface area contributed by atoms with Crippen molar-refractivity contribution in [1.82, 2.24) is 20.1 Å². The van der Waals surface area contributed by atoms with Crippen LogP contribution in [0.1, 0.15) is 24.3 Å². The molecule has 3 heterocycles. The summed E-state index contributed by atoms with van der Waals surface area (Å²) in [6.07, 6.45) is 6.02. The monoisotopic (exact) mass is 407 g/mol. The summed E-state index contributed by atoms with van der Waals surface area (Å²) in [6, 6.07) is 10.8. The lowest BCUT2D eigenvalue weighted by Crippen LogP contribution is -2.56. The van der Waals surface area contributed by atoms with Crippen LogP contribution >= 0.6 is 11.6 Å². The molecule has 1 aromatic carbocycles. The van der Waals surface area contributed by atoms with E-state index < -0.39 is 11.6 Å². The van der Waals surface area contributed by atoms with E-state index in [2.05, 4.69) is 15.4 Å². The van der Waals surface area contributed by atoms with Crippen molar-refractivity contribution < 1.29 is 9.59 Å². The van der Waals surface area contributed by atoms with Crippen LogP contribution in [0.2, 0.25) is 5.02 Å². The maximum Gasteiger partial charge on any atom is 0.329 e. The molecule has 2 fully saturated rings. The van der Waals surface area contributed by atoms with Crippen molar-refractivity contribution in [3.63, 3.8) is 0 Å². The maximum atomic E-state index is 13.3. The first-order valence-corrected chi connectivity index (χ1v) is 9.71. The molecule has 1 aliphatic heterocycles. The van der Waals surface area contributed by atoms with Gasteiger partial charge in [0.05, 0.1) is 17.6 Å². The van der Waals surface area contributed by atoms with Gasteiger partial charge < -0.3 is 5.32 Å². The van der Waals surface area contributed by atoms with Crippen molar-refractivity contribution in [3.05, 3.63) is 65.6 Å². The summed E-state index contributed by atoms with van der Waals surface area (Å²) in [5, 5.41) is 7.99. The fourth-order valence-corrected chi connectivity index (χ4v) is 4.55. The van der Waals surface area contributed by atoms with Crippen molar-refractivity contribution in [3.8, 4) is 11.3 Å². The second-order valence-corrected chi connectivity index (χ2v) is 7.95. The molecular formula is C21H18ClN5O2. The van der Waals surface area contributed by atoms with E-state index in [1.165, 1.54) is 11.1 Å². The molecule has 1 saturated heterocycles. The number of anilines is 1. The summed E-state index contributed by atoms with van der Waals surface area (Å²) in [4.78, 5) is 31.5. The van der Waals surface area contributed by atoms with Gasteiger partial charge in [-0.05, 0) is 42.5 Å². The van der Waals surface area contributed by atoms with Crippen LogP contribution < -0.4 is 10.2 Å². The van der Waals surface area contributed by atoms with Crippen LogP contribution in [-0.4, -0.2) is 32.2 Å². The van der Waals surface area contributed by atoms with Crippen molar-refractivity contribution >= 4 is 29.2 Å². The number of nitrogens with zero attached hydrogens (tertiary/aromatic N) is 4. The van der Waals surface area contributed by atoms with Gasteiger partial charge in [0.15, 0.2) is 0 Å². The Hall–Kier alpha value is -3.19. The molecule has 2 aromatic heterocycles. The fourth-order valence-electron chi connectivity index (χ4n) is 4.26. The number of aryl methyl sites for hydroxylation is 1. The Kier molecular flexibility index (Phi) is 3.96. The lowest BCUT2D eigenvalue weighted by atomic mass is 9.65. The summed E-state index contributed by atoms with van der Waals surface area (Å²) in [6.45, 7) is 0. The first-order chi connectivity index (χ1) is 14.0. The van der Waals surface area contributed by atoms with E-state index in [0.29, 0.717) is 34.8 Å². The van der Waals surface area contributed by atoms with E-state index in [0.717, 1.165) is 5.56 Å². The van der Waals surface area contributed by atoms with Crippen LogP contribution in [0, 0.1) is 0 Å². The van der Waals surface area contributed by atoms with Gasteiger partial charge in [-0.3, -0.25) is 14.5 Å². The number of rotatable bonds is 3. The van der Waals surface area contributed by atoms with Gasteiger partial charge in [-0.1, -0.05) is 29.8 Å². The van der Waals surface area contributed by atoms with Gasteiger partial charge in [-0.2, -0.15) is 5.10 Å². The molecule has 1 saturated carbocycles. The van der Waals surface area contributed by atoms with Gasteiger partial charge >= 0.3 is 6.03 Å². The van der Waals surface area contributed by atoms with E-state index in [4.69, 9.17) is 11.6 Å². The third kappa shape index (κ3) is 2.73. The molecule has 1 N–H and O–H groups in total. The number of urea groups is 1. The number of hydrogen-bond donors (Lipinski definition) is 1. The van der Waals surface area contributed by atoms with E-state index in [-0.39, 0.29) is 11.8 Å². The Morgan fingerprint density at radius 3 is 2.69 bits per heavy atom. The van der Waals surface area contributed by atoms with Gasteiger partial charge in [0.25, 0.3) is 5.91 Å². The summed E-state index contributed by atoms with van der Waals surface area (Å²) in [7, 11) is 1.82. The van der Waals surface area contributed by atoms with Crippen LogP contribution in [-0.2, 0) is 11.8 Å². The Balaban J connectivity index is 1.46. The highest BCUT2D eigenvalue weighted by Crippen LogP contribution is 2.50. The van der Waals surface area contributed by atoms with Crippen LogP contribution in [0.25, 0.3) is 11.3 Å². The minimum absolute atomic E-state index is 0.136. The standard InChI is InChI=1S/C21H18ClN5O2/c1-26-9-7-17(25-26)15-6-8-23-12-18(15)27-19(28)21(24-20(27)29)10-13(11-21)14-4-2-3-5-16(14)22/h2-9,12-13H,10-11H2,1H3,(H,24,29). The minimum atomic E-state index is -0.891. The van der Waals surface area contributed by atoms with Crippen LogP contribution in [0.5, 0.6) is 0 Å². The number of nitrogens with one attached hydrogen (secondary N) is 1. The summed E-state index contributed by atoms with van der Waals surface area (Å²) < 4.78 is 1.67. The second-order valence-electron chi connectivity index (χ2n) is 7.55. The molecule has 3 amide bonds. The minimum Gasteiger partial charge on any atom is -0.323 e. The zero-order valence-electron chi connectivity index (χ0n) is 15.7. The Morgan fingerprint density at radius 2 is 1.97 bits per heavy atom. The number of carbonyl (C=O) groups excluding carboxylic acids is 2. The number of benzene rings is 1. The number of halogens is 1. The lowest BCUT2D eigenvalue weighted by Gasteiger charge is -2.43. The Bertz CT molecular complexity index is 1140. The molecule has 0 unspecified atom stereocenters. The molecule has 29 heavy (non-hydrogen) atoms. The van der Waals surface area contributed by atoms with Crippen LogP contribution in [0.4, 0.5) is 10.5 Å². The molecule has 1 spiro atoms. The number of carbonyl (C=O) groups is 2. The number of hydrogen-bond acceptors (Lipinski definition) is 4. The Morgan fingerprint density at radius 1 is 1.17 bits per heavy atom. The molecule has 8 heteroatoms. The van der Waals surface area contributed by atoms with Gasteiger partial charge in [-0.25, -0.2) is 9.69 Å². The molecule has 0 radical (unpaired) electrons. The van der Waals surface area contributed by atoms with E-state index in [9.17, 15) is 9.59 Å². The van der Waals surface area contributed by atoms with Crippen molar-refractivity contribution in [2.75, 3.05) is 4.90 Å². The Labute approximate surface area is 172 Å². The predicted molar refractivity (Wildman–Crippen MR) is 109 cm³/mol.